The van der Waals surface area contributed by atoms with E-state index in [2.05, 4.69) is 29.5 Å². The van der Waals surface area contributed by atoms with Crippen LogP contribution in [0.25, 0.3) is 0 Å². The Kier molecular flexibility index (Phi) is 6.94. The second-order valence-electron chi connectivity index (χ2n) is 15.6. The van der Waals surface area contributed by atoms with E-state index in [9.17, 15) is 19.8 Å². The molecule has 5 aliphatic carbocycles. The van der Waals surface area contributed by atoms with Crippen LogP contribution in [0.2, 0.25) is 0 Å². The summed E-state index contributed by atoms with van der Waals surface area (Å²) in [5, 5.41) is 28.1. The van der Waals surface area contributed by atoms with Crippen LogP contribution in [-0.2, 0) is 30.9 Å². The third-order valence-corrected chi connectivity index (χ3v) is 13.8. The number of ketones is 2. The lowest BCUT2D eigenvalue weighted by molar-refractivity contribution is -0.242. The minimum atomic E-state index is -1.17. The highest BCUT2D eigenvalue weighted by Crippen LogP contribution is 2.69. The van der Waals surface area contributed by atoms with E-state index >= 15 is 0 Å². The van der Waals surface area contributed by atoms with E-state index in [4.69, 9.17) is 18.9 Å². The molecule has 8 aliphatic rings. The van der Waals surface area contributed by atoms with E-state index in [-0.39, 0.29) is 55.1 Å². The maximum absolute atomic E-state index is 13.4. The standard InChI is InChI=1S/C39H46N2O8/c1-4-15-40-28-20-22-6-8-26(32-30(22)36(3)34(48-32)24(42)10-12-38(28,36)44)46-18-19-47-27-9-7-23-21-29-39(45)13-11-25(43)35-37(39,31(23)33(27)49-35)14-17-41(29)16-5-2/h4-9,23,28-29,31,34-35,40,44-45H,1-2,10-21H2,3H3. The molecule has 0 aromatic heterocycles. The summed E-state index contributed by atoms with van der Waals surface area (Å²) < 4.78 is 25.6. The van der Waals surface area contributed by atoms with Gasteiger partial charge in [-0.15, -0.1) is 13.2 Å². The Bertz CT molecular complexity index is 1720. The molecule has 3 saturated carbocycles. The molecule has 49 heavy (non-hydrogen) atoms. The fourth-order valence-corrected chi connectivity index (χ4v) is 11.7. The van der Waals surface area contributed by atoms with Crippen molar-refractivity contribution < 1.29 is 38.7 Å². The van der Waals surface area contributed by atoms with Crippen LogP contribution in [0, 0.1) is 17.3 Å². The molecule has 10 atom stereocenters. The number of hydrogen-bond donors (Lipinski definition) is 3. The highest BCUT2D eigenvalue weighted by molar-refractivity contribution is 5.90. The zero-order valence-electron chi connectivity index (χ0n) is 28.1. The molecule has 10 unspecified atom stereocenters. The van der Waals surface area contributed by atoms with Gasteiger partial charge in [-0.25, -0.2) is 0 Å². The Morgan fingerprint density at radius 3 is 2.59 bits per heavy atom. The first-order valence-electron chi connectivity index (χ1n) is 18.0. The van der Waals surface area contributed by atoms with Crippen LogP contribution in [0.15, 0.2) is 61.1 Å². The van der Waals surface area contributed by atoms with Gasteiger partial charge in [-0.05, 0) is 69.2 Å². The summed E-state index contributed by atoms with van der Waals surface area (Å²) in [4.78, 5) is 29.0. The third kappa shape index (κ3) is 3.86. The SMILES string of the molecule is C=CCNC1Cc2ccc(OCCOC3=C4OC5C(=O)CCC6(O)C7CC(C=C3)C4C56CCN7CC=C)c3c2C2(C)C(O3)C(=O)CCC12O. The van der Waals surface area contributed by atoms with E-state index < -0.39 is 34.2 Å². The quantitative estimate of drug-likeness (QED) is 0.253. The molecule has 9 rings (SSSR count). The normalized spacial score (nSPS) is 42.2. The van der Waals surface area contributed by atoms with Crippen molar-refractivity contribution >= 4 is 11.6 Å². The first kappa shape index (κ1) is 31.5. The van der Waals surface area contributed by atoms with E-state index in [1.54, 1.807) is 6.08 Å². The molecule has 1 aromatic carbocycles. The molecule has 3 aliphatic heterocycles. The predicted molar refractivity (Wildman–Crippen MR) is 179 cm³/mol. The molecule has 3 heterocycles. The molecule has 0 radical (unpaired) electrons. The van der Waals surface area contributed by atoms with Crippen LogP contribution < -0.4 is 14.8 Å². The second-order valence-corrected chi connectivity index (χ2v) is 15.6. The molecule has 10 heteroatoms. The largest absolute Gasteiger partial charge is 0.487 e. The number of piperidine rings is 1. The summed E-state index contributed by atoms with van der Waals surface area (Å²) >= 11 is 0. The molecule has 2 saturated heterocycles. The van der Waals surface area contributed by atoms with Gasteiger partial charge in [0.15, 0.2) is 41.0 Å². The lowest BCUT2D eigenvalue weighted by Gasteiger charge is -2.65. The number of rotatable bonds is 10. The number of ether oxygens (including phenoxy) is 4. The smallest absolute Gasteiger partial charge is 0.174 e. The van der Waals surface area contributed by atoms with E-state index in [1.165, 1.54) is 0 Å². The Balaban J connectivity index is 0.960. The maximum Gasteiger partial charge on any atom is 0.174 e. The summed E-state index contributed by atoms with van der Waals surface area (Å²) in [6, 6.07) is 3.61. The maximum atomic E-state index is 13.4. The molecular formula is C39H46N2O8. The van der Waals surface area contributed by atoms with Crippen molar-refractivity contribution in [3.8, 4) is 11.5 Å². The number of carbonyl (C=O) groups excluding carboxylic acids is 2. The summed E-state index contributed by atoms with van der Waals surface area (Å²) in [5.74, 6) is 2.41. The van der Waals surface area contributed by atoms with Crippen molar-refractivity contribution in [1.82, 2.24) is 10.2 Å². The molecule has 1 aromatic rings. The average Bonchev–Trinajstić information content (AvgIpc) is 3.62. The predicted octanol–water partition coefficient (Wildman–Crippen LogP) is 3.05. The van der Waals surface area contributed by atoms with Gasteiger partial charge in [0, 0.05) is 49.5 Å². The van der Waals surface area contributed by atoms with Gasteiger partial charge in [-0.2, -0.15) is 0 Å². The van der Waals surface area contributed by atoms with Crippen molar-refractivity contribution in [2.45, 2.75) is 92.8 Å². The minimum Gasteiger partial charge on any atom is -0.487 e. The third-order valence-electron chi connectivity index (χ3n) is 13.8. The number of aliphatic hydroxyl groups is 2. The highest BCUT2D eigenvalue weighted by Gasteiger charge is 2.77. The van der Waals surface area contributed by atoms with Crippen molar-refractivity contribution in [3.05, 3.63) is 72.2 Å². The van der Waals surface area contributed by atoms with Crippen molar-refractivity contribution in [3.63, 3.8) is 0 Å². The topological polar surface area (TPSA) is 127 Å². The first-order valence-corrected chi connectivity index (χ1v) is 18.0. The van der Waals surface area contributed by atoms with Crippen molar-refractivity contribution in [1.29, 1.82) is 0 Å². The molecule has 5 fully saturated rings. The Labute approximate surface area is 286 Å². The van der Waals surface area contributed by atoms with Crippen LogP contribution in [0.4, 0.5) is 0 Å². The number of nitrogens with zero attached hydrogens (tertiary/aromatic N) is 1. The fourth-order valence-electron chi connectivity index (χ4n) is 11.7. The zero-order chi connectivity index (χ0) is 33.9. The fraction of sp³-hybridized carbons (Fsp3) is 0.590. The number of likely N-dealkylation sites (tertiary alicyclic amines) is 1. The number of hydrogen-bond acceptors (Lipinski definition) is 10. The second kappa shape index (κ2) is 10.8. The van der Waals surface area contributed by atoms with Gasteiger partial charge in [-0.1, -0.05) is 24.3 Å². The van der Waals surface area contributed by atoms with Gasteiger partial charge < -0.3 is 34.5 Å². The average molecular weight is 671 g/mol. The first-order chi connectivity index (χ1) is 23.6. The Hall–Kier alpha value is -3.44. The van der Waals surface area contributed by atoms with Gasteiger partial charge in [0.25, 0.3) is 0 Å². The van der Waals surface area contributed by atoms with Crippen molar-refractivity contribution in [2.24, 2.45) is 17.3 Å². The summed E-state index contributed by atoms with van der Waals surface area (Å²) in [7, 11) is 0. The molecular weight excluding hydrogens is 624 g/mol. The molecule has 10 nitrogen and oxygen atoms in total. The number of benzene rings is 1. The van der Waals surface area contributed by atoms with E-state index in [1.807, 2.05) is 31.2 Å². The monoisotopic (exact) mass is 670 g/mol. The summed E-state index contributed by atoms with van der Waals surface area (Å²) in [6.07, 6.45) is 9.82. The lowest BCUT2D eigenvalue weighted by atomic mass is 9.44. The van der Waals surface area contributed by atoms with Gasteiger partial charge in [0.1, 0.15) is 19.0 Å². The summed E-state index contributed by atoms with van der Waals surface area (Å²) in [5.41, 5.74) is -1.87. The lowest BCUT2D eigenvalue weighted by Crippen LogP contribution is -2.76. The highest BCUT2D eigenvalue weighted by atomic mass is 16.6. The number of allylic oxidation sites excluding steroid dienone is 3. The zero-order valence-corrected chi connectivity index (χ0v) is 28.1. The van der Waals surface area contributed by atoms with E-state index in [0.29, 0.717) is 68.2 Å². The van der Waals surface area contributed by atoms with Crippen LogP contribution in [-0.4, -0.2) is 95.0 Å². The molecule has 2 bridgehead atoms. The number of Topliss-reactive ketones (excluding diaryl/α,β-unsaturated/α-hetero) is 2. The van der Waals surface area contributed by atoms with Gasteiger partial charge in [0.2, 0.25) is 0 Å². The van der Waals surface area contributed by atoms with Crippen LogP contribution in [0.3, 0.4) is 0 Å². The van der Waals surface area contributed by atoms with Gasteiger partial charge in [-0.3, -0.25) is 14.5 Å². The van der Waals surface area contributed by atoms with Gasteiger partial charge >= 0.3 is 0 Å². The molecule has 3 N–H and O–H groups in total. The van der Waals surface area contributed by atoms with Gasteiger partial charge in [0.05, 0.1) is 22.0 Å². The number of nitrogens with one attached hydrogen (secondary N) is 1. The van der Waals surface area contributed by atoms with Crippen LogP contribution in [0.5, 0.6) is 11.5 Å². The summed E-state index contributed by atoms with van der Waals surface area (Å²) in [6.45, 7) is 12.2. The van der Waals surface area contributed by atoms with E-state index in [0.717, 1.165) is 24.1 Å². The Morgan fingerprint density at radius 2 is 1.80 bits per heavy atom. The van der Waals surface area contributed by atoms with Crippen LogP contribution in [0.1, 0.15) is 56.6 Å². The van der Waals surface area contributed by atoms with Crippen molar-refractivity contribution in [2.75, 3.05) is 32.8 Å². The Morgan fingerprint density at radius 1 is 1.02 bits per heavy atom. The van der Waals surface area contributed by atoms with Crippen LogP contribution >= 0.6 is 0 Å². The minimum absolute atomic E-state index is 0.00816. The molecule has 0 amide bonds. The molecule has 1 spiro atoms. The number of carbonyl (C=O) groups is 2. The molecule has 260 valence electrons.